The van der Waals surface area contributed by atoms with Gasteiger partial charge in [0, 0.05) is 0 Å². The van der Waals surface area contributed by atoms with E-state index in [0.717, 1.165) is 25.6 Å². The van der Waals surface area contributed by atoms with Crippen molar-refractivity contribution >= 4 is 0 Å². The van der Waals surface area contributed by atoms with Gasteiger partial charge < -0.3 is 5.32 Å². The van der Waals surface area contributed by atoms with Crippen molar-refractivity contribution in [3.05, 3.63) is 35.4 Å². The van der Waals surface area contributed by atoms with Crippen LogP contribution in [0.1, 0.15) is 32.8 Å². The Morgan fingerprint density at radius 1 is 1.24 bits per heavy atom. The van der Waals surface area contributed by atoms with Gasteiger partial charge in [0.25, 0.3) is 0 Å². The van der Waals surface area contributed by atoms with Gasteiger partial charge in [-0.1, -0.05) is 32.9 Å². The molecule has 1 aromatic carbocycles. The number of rotatable bonds is 6. The van der Waals surface area contributed by atoms with Crippen LogP contribution in [0.4, 0.5) is 8.78 Å². The molecule has 0 spiro atoms. The van der Waals surface area contributed by atoms with Crippen LogP contribution in [0.2, 0.25) is 0 Å². The fourth-order valence-electron chi connectivity index (χ4n) is 1.89. The van der Waals surface area contributed by atoms with Crippen LogP contribution >= 0.6 is 0 Å². The van der Waals surface area contributed by atoms with E-state index >= 15 is 0 Å². The molecule has 0 heterocycles. The predicted molar refractivity (Wildman–Crippen MR) is 67.0 cm³/mol. The summed E-state index contributed by atoms with van der Waals surface area (Å²) in [5, 5.41) is 3.25. The quantitative estimate of drug-likeness (QED) is 0.751. The lowest BCUT2D eigenvalue weighted by Crippen LogP contribution is -2.24. The lowest BCUT2D eigenvalue weighted by Gasteiger charge is -2.25. The zero-order valence-corrected chi connectivity index (χ0v) is 10.8. The fourth-order valence-corrected chi connectivity index (χ4v) is 1.89. The second-order valence-corrected chi connectivity index (χ2v) is 5.16. The smallest absolute Gasteiger partial charge is 0.162 e. The molecule has 0 aliphatic heterocycles. The van der Waals surface area contributed by atoms with Crippen LogP contribution in [0.25, 0.3) is 0 Å². The second kappa shape index (κ2) is 6.10. The highest BCUT2D eigenvalue weighted by molar-refractivity contribution is 5.20. The number of hydrogen-bond donors (Lipinski definition) is 1. The van der Waals surface area contributed by atoms with E-state index in [1.165, 1.54) is 0 Å². The van der Waals surface area contributed by atoms with E-state index in [0.29, 0.717) is 12.0 Å². The molecular formula is C14H21F2N. The molecule has 0 bridgehead atoms. The first-order valence-corrected chi connectivity index (χ1v) is 6.10. The van der Waals surface area contributed by atoms with Crippen molar-refractivity contribution in [1.82, 2.24) is 5.32 Å². The van der Waals surface area contributed by atoms with E-state index in [1.54, 1.807) is 12.1 Å². The van der Waals surface area contributed by atoms with Gasteiger partial charge in [0.2, 0.25) is 0 Å². The zero-order valence-electron chi connectivity index (χ0n) is 10.8. The van der Waals surface area contributed by atoms with E-state index in [1.807, 2.05) is 0 Å². The van der Waals surface area contributed by atoms with Gasteiger partial charge in [0.05, 0.1) is 0 Å². The first-order valence-electron chi connectivity index (χ1n) is 6.10. The Balaban J connectivity index is 2.65. The summed E-state index contributed by atoms with van der Waals surface area (Å²) in [6.07, 6.45) is 1.50. The molecule has 0 aromatic heterocycles. The highest BCUT2D eigenvalue weighted by atomic mass is 19.2. The molecule has 1 N–H and O–H groups in total. The summed E-state index contributed by atoms with van der Waals surface area (Å²) in [6, 6.07) is 4.38. The molecule has 1 aromatic rings. The van der Waals surface area contributed by atoms with Crippen molar-refractivity contribution in [3.8, 4) is 0 Å². The zero-order chi connectivity index (χ0) is 12.9. The Hall–Kier alpha value is -0.960. The fraction of sp³-hybridized carbons (Fsp3) is 0.571. The van der Waals surface area contributed by atoms with Gasteiger partial charge in [-0.3, -0.25) is 0 Å². The summed E-state index contributed by atoms with van der Waals surface area (Å²) in [5.74, 6) is -1.46. The van der Waals surface area contributed by atoms with Gasteiger partial charge in [-0.2, -0.15) is 0 Å². The molecule has 0 radical (unpaired) electrons. The van der Waals surface area contributed by atoms with Gasteiger partial charge in [0.1, 0.15) is 0 Å². The average molecular weight is 241 g/mol. The predicted octanol–water partition coefficient (Wildman–Crippen LogP) is 3.53. The van der Waals surface area contributed by atoms with Gasteiger partial charge in [0.15, 0.2) is 11.6 Å². The van der Waals surface area contributed by atoms with Crippen molar-refractivity contribution in [2.75, 3.05) is 13.1 Å². The van der Waals surface area contributed by atoms with Gasteiger partial charge in [-0.25, -0.2) is 8.78 Å². The van der Waals surface area contributed by atoms with Crippen LogP contribution < -0.4 is 5.32 Å². The minimum absolute atomic E-state index is 0.0309. The Bertz CT molecular complexity index is 361. The number of halogens is 2. The molecule has 0 fully saturated rings. The maximum absolute atomic E-state index is 13.5. The Kier molecular flexibility index (Phi) is 5.06. The number of hydrogen-bond acceptors (Lipinski definition) is 1. The first kappa shape index (κ1) is 14.1. The third kappa shape index (κ3) is 4.43. The lowest BCUT2D eigenvalue weighted by molar-refractivity contribution is 0.320. The Morgan fingerprint density at radius 2 is 1.94 bits per heavy atom. The molecule has 0 unspecified atom stereocenters. The molecule has 0 saturated heterocycles. The topological polar surface area (TPSA) is 12.0 Å². The van der Waals surface area contributed by atoms with E-state index in [2.05, 4.69) is 26.1 Å². The normalized spacial score (nSPS) is 11.8. The van der Waals surface area contributed by atoms with Gasteiger partial charge in [-0.05, 0) is 43.0 Å². The largest absolute Gasteiger partial charge is 0.317 e. The first-order chi connectivity index (χ1) is 7.96. The second-order valence-electron chi connectivity index (χ2n) is 5.16. The molecule has 0 amide bonds. The molecule has 0 aliphatic rings. The van der Waals surface area contributed by atoms with Crippen molar-refractivity contribution in [1.29, 1.82) is 0 Å². The summed E-state index contributed by atoms with van der Waals surface area (Å²) in [4.78, 5) is 0. The van der Waals surface area contributed by atoms with Crippen molar-refractivity contribution in [2.24, 2.45) is 5.41 Å². The molecule has 1 nitrogen and oxygen atoms in total. The summed E-state index contributed by atoms with van der Waals surface area (Å²) in [5.41, 5.74) is 0.433. The Morgan fingerprint density at radius 3 is 2.59 bits per heavy atom. The van der Waals surface area contributed by atoms with Crippen LogP contribution in [0, 0.1) is 17.0 Å². The van der Waals surface area contributed by atoms with Crippen molar-refractivity contribution in [2.45, 2.75) is 33.6 Å². The van der Waals surface area contributed by atoms with E-state index in [4.69, 9.17) is 0 Å². The third-order valence-electron chi connectivity index (χ3n) is 2.93. The Labute approximate surface area is 102 Å². The van der Waals surface area contributed by atoms with Gasteiger partial charge >= 0.3 is 0 Å². The van der Waals surface area contributed by atoms with Crippen molar-refractivity contribution in [3.63, 3.8) is 0 Å². The molecule has 17 heavy (non-hydrogen) atoms. The molecular weight excluding hydrogens is 220 g/mol. The van der Waals surface area contributed by atoms with Crippen LogP contribution in [0.15, 0.2) is 18.2 Å². The molecule has 0 saturated carbocycles. The maximum Gasteiger partial charge on any atom is 0.162 e. The molecule has 96 valence electrons. The van der Waals surface area contributed by atoms with Crippen molar-refractivity contribution < 1.29 is 8.78 Å². The standard InChI is InChI=1S/C14H21F2N/c1-4-17-9-8-14(2,3)10-11-6-5-7-12(15)13(11)16/h5-7,17H,4,8-10H2,1-3H3. The number of benzene rings is 1. The summed E-state index contributed by atoms with van der Waals surface area (Å²) < 4.78 is 26.6. The molecule has 0 atom stereocenters. The van der Waals surface area contributed by atoms with Crippen LogP contribution in [-0.2, 0) is 6.42 Å². The summed E-state index contributed by atoms with van der Waals surface area (Å²) in [6.45, 7) is 8.05. The third-order valence-corrected chi connectivity index (χ3v) is 2.93. The molecule has 3 heteroatoms. The van der Waals surface area contributed by atoms with Crippen LogP contribution in [-0.4, -0.2) is 13.1 Å². The van der Waals surface area contributed by atoms with E-state index < -0.39 is 11.6 Å². The van der Waals surface area contributed by atoms with E-state index in [-0.39, 0.29) is 5.41 Å². The summed E-state index contributed by atoms with van der Waals surface area (Å²) in [7, 11) is 0. The van der Waals surface area contributed by atoms with E-state index in [9.17, 15) is 8.78 Å². The minimum atomic E-state index is -0.759. The summed E-state index contributed by atoms with van der Waals surface area (Å²) >= 11 is 0. The molecule has 1 rings (SSSR count). The highest BCUT2D eigenvalue weighted by Crippen LogP contribution is 2.27. The SMILES string of the molecule is CCNCCC(C)(C)Cc1cccc(F)c1F. The minimum Gasteiger partial charge on any atom is -0.317 e. The maximum atomic E-state index is 13.5. The molecule has 0 aliphatic carbocycles. The highest BCUT2D eigenvalue weighted by Gasteiger charge is 2.20. The monoisotopic (exact) mass is 241 g/mol. The van der Waals surface area contributed by atoms with Gasteiger partial charge in [-0.15, -0.1) is 0 Å². The van der Waals surface area contributed by atoms with Crippen LogP contribution in [0.3, 0.4) is 0 Å². The van der Waals surface area contributed by atoms with Crippen LogP contribution in [0.5, 0.6) is 0 Å². The number of nitrogens with one attached hydrogen (secondary N) is 1. The lowest BCUT2D eigenvalue weighted by atomic mass is 9.82. The average Bonchev–Trinajstić information content (AvgIpc) is 2.25.